The molecule has 0 radical (unpaired) electrons. The minimum Gasteiger partial charge on any atom is -0.311 e. The Bertz CT molecular complexity index is 437. The lowest BCUT2D eigenvalue weighted by atomic mass is 10.2. The lowest BCUT2D eigenvalue weighted by Crippen LogP contribution is -2.14. The first-order valence-electron chi connectivity index (χ1n) is 5.11. The maximum absolute atomic E-state index is 4.19. The van der Waals surface area contributed by atoms with Crippen LogP contribution in [0.1, 0.15) is 24.4 Å². The number of nitrogens with one attached hydrogen (secondary N) is 1. The lowest BCUT2D eigenvalue weighted by Gasteiger charge is -2.07. The maximum atomic E-state index is 4.19. The summed E-state index contributed by atoms with van der Waals surface area (Å²) in [5.41, 5.74) is 0.914. The smallest absolute Gasteiger partial charge is 0.150 e. The second-order valence-electron chi connectivity index (χ2n) is 3.32. The summed E-state index contributed by atoms with van der Waals surface area (Å²) in [7, 11) is 1.93. The van der Waals surface area contributed by atoms with Gasteiger partial charge in [0.2, 0.25) is 0 Å². The van der Waals surface area contributed by atoms with Crippen LogP contribution in [0.15, 0.2) is 18.7 Å². The van der Waals surface area contributed by atoms with Crippen molar-refractivity contribution in [2.45, 2.75) is 19.4 Å². The van der Waals surface area contributed by atoms with Crippen molar-refractivity contribution in [1.82, 2.24) is 25.5 Å². The van der Waals surface area contributed by atoms with Gasteiger partial charge in [0, 0.05) is 18.0 Å². The molecule has 2 rings (SSSR count). The Labute approximate surface area is 98.0 Å². The first-order chi connectivity index (χ1) is 7.85. The zero-order valence-corrected chi connectivity index (χ0v) is 10.0. The molecule has 0 spiro atoms. The molecule has 0 bridgehead atoms. The van der Waals surface area contributed by atoms with E-state index < -0.39 is 0 Å². The summed E-state index contributed by atoms with van der Waals surface area (Å²) in [5.74, 6) is 0. The number of nitrogens with zero attached hydrogens (tertiary/aromatic N) is 4. The van der Waals surface area contributed by atoms with Gasteiger partial charge in [0.15, 0.2) is 5.01 Å². The van der Waals surface area contributed by atoms with Gasteiger partial charge < -0.3 is 5.32 Å². The molecule has 2 aromatic rings. The summed E-state index contributed by atoms with van der Waals surface area (Å²) in [4.78, 5) is 7.94. The van der Waals surface area contributed by atoms with Gasteiger partial charge in [-0.25, -0.2) is 9.97 Å². The van der Waals surface area contributed by atoms with E-state index in [0.29, 0.717) is 0 Å². The summed E-state index contributed by atoms with van der Waals surface area (Å²) in [6, 6.07) is 0.274. The van der Waals surface area contributed by atoms with Gasteiger partial charge in [-0.05, 0) is 13.5 Å². The van der Waals surface area contributed by atoms with Crippen molar-refractivity contribution in [2.24, 2.45) is 0 Å². The van der Waals surface area contributed by atoms with Gasteiger partial charge in [0.25, 0.3) is 0 Å². The van der Waals surface area contributed by atoms with Crippen LogP contribution in [0.25, 0.3) is 10.6 Å². The Morgan fingerprint density at radius 1 is 1.31 bits per heavy atom. The fraction of sp³-hybridized carbons (Fsp3) is 0.400. The Hall–Kier alpha value is -1.40. The third-order valence-electron chi connectivity index (χ3n) is 2.30. The Balaban J connectivity index is 2.26. The van der Waals surface area contributed by atoms with Crippen molar-refractivity contribution in [1.29, 1.82) is 0 Å². The Morgan fingerprint density at radius 2 is 2.06 bits per heavy atom. The molecule has 0 aliphatic heterocycles. The molecule has 0 saturated carbocycles. The van der Waals surface area contributed by atoms with Crippen molar-refractivity contribution >= 4 is 11.3 Å². The quantitative estimate of drug-likeness (QED) is 0.873. The Morgan fingerprint density at radius 3 is 2.69 bits per heavy atom. The predicted molar refractivity (Wildman–Crippen MR) is 63.0 cm³/mol. The second-order valence-corrected chi connectivity index (χ2v) is 4.33. The van der Waals surface area contributed by atoms with E-state index in [-0.39, 0.29) is 6.04 Å². The highest BCUT2D eigenvalue weighted by molar-refractivity contribution is 7.14. The molecule has 5 nitrogen and oxygen atoms in total. The summed E-state index contributed by atoms with van der Waals surface area (Å²) in [6.45, 7) is 2.12. The highest BCUT2D eigenvalue weighted by Gasteiger charge is 2.13. The fourth-order valence-electron chi connectivity index (χ4n) is 1.40. The van der Waals surface area contributed by atoms with E-state index in [9.17, 15) is 0 Å². The molecule has 0 saturated heterocycles. The van der Waals surface area contributed by atoms with Crippen molar-refractivity contribution in [3.63, 3.8) is 0 Å². The van der Waals surface area contributed by atoms with E-state index in [4.69, 9.17) is 0 Å². The maximum Gasteiger partial charge on any atom is 0.150 e. The van der Waals surface area contributed by atoms with Gasteiger partial charge in [-0.1, -0.05) is 18.3 Å². The van der Waals surface area contributed by atoms with Gasteiger partial charge in [0.05, 0.1) is 6.04 Å². The normalized spacial score (nSPS) is 12.6. The molecule has 16 heavy (non-hydrogen) atoms. The van der Waals surface area contributed by atoms with Crippen molar-refractivity contribution in [2.75, 3.05) is 7.05 Å². The van der Waals surface area contributed by atoms with Crippen molar-refractivity contribution < 1.29 is 0 Å². The molecule has 2 heterocycles. The summed E-state index contributed by atoms with van der Waals surface area (Å²) < 4.78 is 0. The van der Waals surface area contributed by atoms with Crippen LogP contribution < -0.4 is 5.32 Å². The Kier molecular flexibility index (Phi) is 3.53. The predicted octanol–water partition coefficient (Wildman–Crippen LogP) is 1.67. The van der Waals surface area contributed by atoms with Crippen LogP contribution in [0.4, 0.5) is 0 Å². The van der Waals surface area contributed by atoms with Crippen LogP contribution >= 0.6 is 11.3 Å². The van der Waals surface area contributed by atoms with E-state index in [1.807, 2.05) is 7.05 Å². The van der Waals surface area contributed by atoms with Gasteiger partial charge in [-0.15, -0.1) is 10.2 Å². The monoisotopic (exact) mass is 235 g/mol. The molecular formula is C10H13N5S. The zero-order chi connectivity index (χ0) is 11.4. The standard InChI is InChI=1S/C10H13N5S/c1-3-8(11-2)10-15-14-9(16-10)7-4-12-6-13-5-7/h4-6,8,11H,3H2,1-2H3. The summed E-state index contributed by atoms with van der Waals surface area (Å²) >= 11 is 1.58. The van der Waals surface area contributed by atoms with Crippen LogP contribution in [0.2, 0.25) is 0 Å². The molecule has 1 atom stereocenters. The minimum absolute atomic E-state index is 0.274. The largest absolute Gasteiger partial charge is 0.311 e. The molecule has 1 unspecified atom stereocenters. The van der Waals surface area contributed by atoms with Crippen molar-refractivity contribution in [3.8, 4) is 10.6 Å². The van der Waals surface area contributed by atoms with Crippen LogP contribution in [-0.2, 0) is 0 Å². The molecule has 1 N–H and O–H groups in total. The number of hydrogen-bond donors (Lipinski definition) is 1. The molecular weight excluding hydrogens is 222 g/mol. The lowest BCUT2D eigenvalue weighted by molar-refractivity contribution is 0.568. The number of rotatable bonds is 4. The molecule has 0 aromatic carbocycles. The van der Waals surface area contributed by atoms with E-state index in [1.54, 1.807) is 23.7 Å². The van der Waals surface area contributed by atoms with Crippen LogP contribution in [0, 0.1) is 0 Å². The van der Waals surface area contributed by atoms with E-state index in [2.05, 4.69) is 32.4 Å². The third-order valence-corrected chi connectivity index (χ3v) is 3.39. The average Bonchev–Trinajstić information content (AvgIpc) is 2.81. The third kappa shape index (κ3) is 2.23. The molecule has 0 fully saturated rings. The van der Waals surface area contributed by atoms with Gasteiger partial charge in [-0.2, -0.15) is 0 Å². The van der Waals surface area contributed by atoms with E-state index >= 15 is 0 Å². The molecule has 84 valence electrons. The highest BCUT2D eigenvalue weighted by atomic mass is 32.1. The zero-order valence-electron chi connectivity index (χ0n) is 9.21. The van der Waals surface area contributed by atoms with Crippen LogP contribution in [-0.4, -0.2) is 27.2 Å². The summed E-state index contributed by atoms with van der Waals surface area (Å²) in [6.07, 6.45) is 6.00. The highest BCUT2D eigenvalue weighted by Crippen LogP contribution is 2.26. The van der Waals surface area contributed by atoms with Gasteiger partial charge in [0.1, 0.15) is 11.3 Å². The number of aromatic nitrogens is 4. The first-order valence-corrected chi connectivity index (χ1v) is 5.92. The van der Waals surface area contributed by atoms with Gasteiger partial charge in [-0.3, -0.25) is 0 Å². The van der Waals surface area contributed by atoms with Crippen LogP contribution in [0.3, 0.4) is 0 Å². The van der Waals surface area contributed by atoms with Gasteiger partial charge >= 0.3 is 0 Å². The fourth-order valence-corrected chi connectivity index (χ4v) is 2.42. The molecule has 2 aromatic heterocycles. The topological polar surface area (TPSA) is 63.6 Å². The minimum atomic E-state index is 0.274. The van der Waals surface area contributed by atoms with Crippen molar-refractivity contribution in [3.05, 3.63) is 23.7 Å². The molecule has 0 aliphatic carbocycles. The molecule has 6 heteroatoms. The first kappa shape index (κ1) is 11.1. The van der Waals surface area contributed by atoms with Crippen LogP contribution in [0.5, 0.6) is 0 Å². The average molecular weight is 235 g/mol. The summed E-state index contributed by atoms with van der Waals surface area (Å²) in [5, 5.41) is 13.4. The number of hydrogen-bond acceptors (Lipinski definition) is 6. The van der Waals surface area contributed by atoms with E-state index in [1.165, 1.54) is 6.33 Å². The molecule has 0 aliphatic rings. The van der Waals surface area contributed by atoms with E-state index in [0.717, 1.165) is 22.0 Å². The molecule has 0 amide bonds. The second kappa shape index (κ2) is 5.09. The SMILES string of the molecule is CCC(NC)c1nnc(-c2cncnc2)s1.